The Morgan fingerprint density at radius 2 is 1.67 bits per heavy atom. The van der Waals surface area contributed by atoms with Crippen molar-refractivity contribution in [1.82, 2.24) is 10.2 Å². The number of nitrogens with one attached hydrogen (secondary N) is 1. The normalized spacial score (nSPS) is 11.9. The summed E-state index contributed by atoms with van der Waals surface area (Å²) in [6.07, 6.45) is 1.74. The Balaban J connectivity index is 2.02. The fourth-order valence-electron chi connectivity index (χ4n) is 4.19. The molecule has 0 aliphatic carbocycles. The summed E-state index contributed by atoms with van der Waals surface area (Å²) >= 11 is 0. The molecule has 0 heterocycles. The van der Waals surface area contributed by atoms with E-state index in [0.29, 0.717) is 12.3 Å². The van der Waals surface area contributed by atoms with Crippen LogP contribution in [0.2, 0.25) is 0 Å². The van der Waals surface area contributed by atoms with E-state index >= 15 is 0 Å². The van der Waals surface area contributed by atoms with Crippen LogP contribution in [0, 0.1) is 6.92 Å². The first-order chi connectivity index (χ1) is 18.7. The average molecular weight is 552 g/mol. The largest absolute Gasteiger partial charge is 0.495 e. The molecule has 208 valence electrons. The highest BCUT2D eigenvalue weighted by Crippen LogP contribution is 2.32. The lowest BCUT2D eigenvalue weighted by Crippen LogP contribution is -2.51. The number of aryl methyl sites for hydroxylation is 1. The minimum Gasteiger partial charge on any atom is -0.495 e. The number of benzene rings is 3. The van der Waals surface area contributed by atoms with Crippen molar-refractivity contribution in [3.8, 4) is 5.75 Å². The van der Waals surface area contributed by atoms with Crippen LogP contribution in [0.15, 0.2) is 83.8 Å². The van der Waals surface area contributed by atoms with E-state index in [1.807, 2.05) is 38.1 Å². The highest BCUT2D eigenvalue weighted by atomic mass is 32.2. The number of unbranched alkanes of at least 4 members (excludes halogenated alkanes) is 1. The fraction of sp³-hybridized carbons (Fsp3) is 0.333. The molecule has 3 aromatic carbocycles. The topological polar surface area (TPSA) is 96.0 Å². The number of para-hydroxylation sites is 2. The smallest absolute Gasteiger partial charge is 0.264 e. The predicted octanol–water partition coefficient (Wildman–Crippen LogP) is 4.53. The van der Waals surface area contributed by atoms with E-state index < -0.39 is 28.5 Å². The van der Waals surface area contributed by atoms with Crippen LogP contribution in [0.25, 0.3) is 0 Å². The molecular formula is C30H37N3O5S. The van der Waals surface area contributed by atoms with Gasteiger partial charge in [-0.25, -0.2) is 8.42 Å². The molecule has 2 amide bonds. The molecule has 1 unspecified atom stereocenters. The van der Waals surface area contributed by atoms with Gasteiger partial charge in [0.2, 0.25) is 11.8 Å². The van der Waals surface area contributed by atoms with Gasteiger partial charge in [0.25, 0.3) is 10.0 Å². The van der Waals surface area contributed by atoms with Crippen LogP contribution in [0.5, 0.6) is 5.75 Å². The first-order valence-corrected chi connectivity index (χ1v) is 14.5. The minimum absolute atomic E-state index is 0.0410. The van der Waals surface area contributed by atoms with Crippen LogP contribution in [-0.2, 0) is 26.2 Å². The first-order valence-electron chi connectivity index (χ1n) is 13.0. The number of rotatable bonds is 13. The quantitative estimate of drug-likeness (QED) is 0.315. The number of nitrogens with zero attached hydrogens (tertiary/aromatic N) is 2. The lowest BCUT2D eigenvalue weighted by molar-refractivity contribution is -0.139. The van der Waals surface area contributed by atoms with Crippen LogP contribution >= 0.6 is 0 Å². The van der Waals surface area contributed by atoms with E-state index in [0.717, 1.165) is 28.3 Å². The van der Waals surface area contributed by atoms with E-state index in [2.05, 4.69) is 5.32 Å². The maximum Gasteiger partial charge on any atom is 0.264 e. The highest BCUT2D eigenvalue weighted by molar-refractivity contribution is 7.92. The zero-order valence-corrected chi connectivity index (χ0v) is 23.8. The number of anilines is 1. The second-order valence-electron chi connectivity index (χ2n) is 9.33. The lowest BCUT2D eigenvalue weighted by atomic mass is 10.1. The molecule has 0 saturated heterocycles. The molecule has 0 aliphatic rings. The van der Waals surface area contributed by atoms with Crippen molar-refractivity contribution in [1.29, 1.82) is 0 Å². The summed E-state index contributed by atoms with van der Waals surface area (Å²) in [6, 6.07) is 21.4. The van der Waals surface area contributed by atoms with E-state index in [9.17, 15) is 18.0 Å². The second kappa shape index (κ2) is 13.8. The number of carbonyl (C=O) groups excluding carboxylic acids is 2. The predicted molar refractivity (Wildman–Crippen MR) is 153 cm³/mol. The molecule has 0 saturated carbocycles. The molecule has 8 nitrogen and oxygen atoms in total. The molecule has 0 radical (unpaired) electrons. The Kier molecular flexibility index (Phi) is 10.5. The Labute approximate surface area is 231 Å². The molecule has 3 rings (SSSR count). The van der Waals surface area contributed by atoms with E-state index in [4.69, 9.17) is 4.74 Å². The zero-order chi connectivity index (χ0) is 28.4. The van der Waals surface area contributed by atoms with Gasteiger partial charge in [-0.15, -0.1) is 0 Å². The first kappa shape index (κ1) is 29.7. The fourth-order valence-corrected chi connectivity index (χ4v) is 5.64. The van der Waals surface area contributed by atoms with Crippen molar-refractivity contribution in [2.24, 2.45) is 0 Å². The van der Waals surface area contributed by atoms with Crippen molar-refractivity contribution < 1.29 is 22.7 Å². The van der Waals surface area contributed by atoms with Gasteiger partial charge in [0.1, 0.15) is 18.3 Å². The van der Waals surface area contributed by atoms with Crippen LogP contribution in [0.3, 0.4) is 0 Å². The maximum atomic E-state index is 14.0. The third kappa shape index (κ3) is 7.60. The molecule has 0 aliphatic heterocycles. The highest BCUT2D eigenvalue weighted by Gasteiger charge is 2.33. The summed E-state index contributed by atoms with van der Waals surface area (Å²) in [5, 5.41) is 2.89. The van der Waals surface area contributed by atoms with E-state index in [1.165, 1.54) is 24.1 Å². The average Bonchev–Trinajstić information content (AvgIpc) is 2.94. The molecule has 0 fully saturated rings. The summed E-state index contributed by atoms with van der Waals surface area (Å²) in [5.74, 6) is -0.500. The Morgan fingerprint density at radius 3 is 2.33 bits per heavy atom. The van der Waals surface area contributed by atoms with Gasteiger partial charge in [-0.2, -0.15) is 0 Å². The van der Waals surface area contributed by atoms with Crippen LogP contribution < -0.4 is 14.4 Å². The SMILES string of the molecule is CCCCNC(=O)C(C)N(Cc1cccc(C)c1)C(=O)CN(c1ccccc1OC)S(=O)(=O)c1ccccc1. The number of hydrogen-bond acceptors (Lipinski definition) is 5. The molecule has 1 N–H and O–H groups in total. The number of methoxy groups -OCH3 is 1. The summed E-state index contributed by atoms with van der Waals surface area (Å²) in [4.78, 5) is 28.5. The van der Waals surface area contributed by atoms with E-state index in [-0.39, 0.29) is 23.0 Å². The summed E-state index contributed by atoms with van der Waals surface area (Å²) in [7, 11) is -2.71. The Hall–Kier alpha value is -3.85. The number of sulfonamides is 1. The van der Waals surface area contributed by atoms with Crippen LogP contribution in [0.1, 0.15) is 37.8 Å². The summed E-state index contributed by atoms with van der Waals surface area (Å²) < 4.78 is 34.2. The Bertz CT molecular complexity index is 1360. The maximum absolute atomic E-state index is 14.0. The van der Waals surface area contributed by atoms with Gasteiger partial charge in [-0.3, -0.25) is 13.9 Å². The van der Waals surface area contributed by atoms with Gasteiger partial charge in [0, 0.05) is 13.1 Å². The Morgan fingerprint density at radius 1 is 0.974 bits per heavy atom. The zero-order valence-electron chi connectivity index (χ0n) is 23.0. The van der Waals surface area contributed by atoms with Crippen molar-refractivity contribution in [2.75, 3.05) is 24.5 Å². The lowest BCUT2D eigenvalue weighted by Gasteiger charge is -2.32. The van der Waals surface area contributed by atoms with Crippen molar-refractivity contribution in [2.45, 2.75) is 51.1 Å². The van der Waals surface area contributed by atoms with Crippen molar-refractivity contribution in [3.63, 3.8) is 0 Å². The van der Waals surface area contributed by atoms with Gasteiger partial charge >= 0.3 is 0 Å². The molecule has 9 heteroatoms. The van der Waals surface area contributed by atoms with Gasteiger partial charge < -0.3 is 15.0 Å². The molecule has 39 heavy (non-hydrogen) atoms. The van der Waals surface area contributed by atoms with Crippen LogP contribution in [-0.4, -0.2) is 51.4 Å². The molecular weight excluding hydrogens is 514 g/mol. The standard InChI is InChI=1S/C30H37N3O5S/c1-5-6-19-31-30(35)24(3)32(21-25-14-12-13-23(2)20-25)29(34)22-33(27-17-10-11-18-28(27)38-4)39(36,37)26-15-8-7-9-16-26/h7-18,20,24H,5-6,19,21-22H2,1-4H3,(H,31,35). The molecule has 0 spiro atoms. The molecule has 3 aromatic rings. The number of ether oxygens (including phenoxy) is 1. The van der Waals surface area contributed by atoms with Crippen molar-refractivity contribution in [3.05, 3.63) is 90.0 Å². The van der Waals surface area contributed by atoms with Crippen LogP contribution in [0.4, 0.5) is 5.69 Å². The van der Waals surface area contributed by atoms with Gasteiger partial charge in [-0.05, 0) is 50.1 Å². The van der Waals surface area contributed by atoms with Gasteiger partial charge in [-0.1, -0.05) is 73.5 Å². The van der Waals surface area contributed by atoms with Gasteiger partial charge in [0.05, 0.1) is 17.7 Å². The number of carbonyl (C=O) groups is 2. The second-order valence-corrected chi connectivity index (χ2v) is 11.2. The summed E-state index contributed by atoms with van der Waals surface area (Å²) in [6.45, 7) is 5.77. The third-order valence-electron chi connectivity index (χ3n) is 6.40. The minimum atomic E-state index is -4.15. The van der Waals surface area contributed by atoms with Crippen molar-refractivity contribution >= 4 is 27.5 Å². The molecule has 0 aromatic heterocycles. The third-order valence-corrected chi connectivity index (χ3v) is 8.17. The van der Waals surface area contributed by atoms with E-state index in [1.54, 1.807) is 49.4 Å². The van der Waals surface area contributed by atoms with Gasteiger partial charge in [0.15, 0.2) is 0 Å². The molecule has 0 bridgehead atoms. The number of hydrogen-bond donors (Lipinski definition) is 1. The summed E-state index contributed by atoms with van der Waals surface area (Å²) in [5.41, 5.74) is 2.08. The number of amides is 2. The monoisotopic (exact) mass is 551 g/mol. The molecule has 1 atom stereocenters.